The van der Waals surface area contributed by atoms with Crippen molar-refractivity contribution in [3.05, 3.63) is 108 Å². The quantitative estimate of drug-likeness (QED) is 0.373. The molecule has 0 aliphatic carbocycles. The van der Waals surface area contributed by atoms with Gasteiger partial charge in [-0.05, 0) is 36.8 Å². The van der Waals surface area contributed by atoms with E-state index >= 15 is 0 Å². The van der Waals surface area contributed by atoms with Crippen LogP contribution in [0.25, 0.3) is 22.9 Å². The molecule has 8 heteroatoms. The maximum Gasteiger partial charge on any atom is 0.230 e. The van der Waals surface area contributed by atoms with Gasteiger partial charge in [-0.3, -0.25) is 0 Å². The summed E-state index contributed by atoms with van der Waals surface area (Å²) in [5.74, 6) is 2.06. The second-order valence-corrected chi connectivity index (χ2v) is 8.14. The molecule has 0 radical (unpaired) electrons. The van der Waals surface area contributed by atoms with Crippen molar-refractivity contribution < 1.29 is 9.15 Å². The zero-order chi connectivity index (χ0) is 22.6. The molecule has 2 aromatic carbocycles. The summed E-state index contributed by atoms with van der Waals surface area (Å²) in [6.45, 7) is 2.01. The molecule has 1 atom stereocenters. The normalized spacial score (nSPS) is 14.6. The molecular weight excluding hydrogens is 428 g/mol. The fourth-order valence-electron chi connectivity index (χ4n) is 4.61. The average molecular weight is 446 g/mol. The first-order valence-electron chi connectivity index (χ1n) is 10.9. The van der Waals surface area contributed by atoms with Crippen LogP contribution in [0.5, 0.6) is 11.8 Å². The molecule has 1 aliphatic heterocycles. The fraction of sp³-hybridized carbons (Fsp3) is 0.0769. The van der Waals surface area contributed by atoms with E-state index in [0.717, 1.165) is 28.1 Å². The number of ether oxygens (including phenoxy) is 1. The largest absolute Gasteiger partial charge is 0.461 e. The van der Waals surface area contributed by atoms with Gasteiger partial charge < -0.3 is 9.15 Å². The van der Waals surface area contributed by atoms with Crippen molar-refractivity contribution >= 4 is 5.65 Å². The second kappa shape index (κ2) is 7.14. The highest BCUT2D eigenvalue weighted by atomic mass is 16.5. The third-order valence-corrected chi connectivity index (χ3v) is 6.10. The lowest BCUT2D eigenvalue weighted by molar-refractivity contribution is 0.402. The first-order valence-corrected chi connectivity index (χ1v) is 10.9. The summed E-state index contributed by atoms with van der Waals surface area (Å²) in [5, 5.41) is 9.45. The van der Waals surface area contributed by atoms with Gasteiger partial charge in [0.1, 0.15) is 6.33 Å². The number of rotatable bonds is 3. The number of furan rings is 1. The van der Waals surface area contributed by atoms with E-state index in [0.29, 0.717) is 29.0 Å². The molecule has 34 heavy (non-hydrogen) atoms. The van der Waals surface area contributed by atoms with Crippen molar-refractivity contribution in [1.29, 1.82) is 0 Å². The molecule has 0 fully saturated rings. The van der Waals surface area contributed by atoms with Crippen molar-refractivity contribution in [3.8, 4) is 29.0 Å². The lowest BCUT2D eigenvalue weighted by Gasteiger charge is -2.26. The van der Waals surface area contributed by atoms with Crippen LogP contribution in [-0.2, 0) is 0 Å². The number of aryl methyl sites for hydroxylation is 1. The van der Waals surface area contributed by atoms with E-state index < -0.39 is 0 Å². The van der Waals surface area contributed by atoms with E-state index in [-0.39, 0.29) is 5.92 Å². The Bertz CT molecular complexity index is 1640. The fourth-order valence-corrected chi connectivity index (χ4v) is 4.61. The highest BCUT2D eigenvalue weighted by Gasteiger charge is 2.38. The highest BCUT2D eigenvalue weighted by molar-refractivity contribution is 5.67. The zero-order valence-electron chi connectivity index (χ0n) is 18.2. The van der Waals surface area contributed by atoms with Crippen molar-refractivity contribution in [2.75, 3.05) is 0 Å². The van der Waals surface area contributed by atoms with Gasteiger partial charge in [0.05, 0.1) is 34.7 Å². The van der Waals surface area contributed by atoms with Crippen LogP contribution in [0.2, 0.25) is 0 Å². The summed E-state index contributed by atoms with van der Waals surface area (Å²) in [6, 6.07) is 23.9. The number of aromatic nitrogens is 6. The molecule has 0 spiro atoms. The van der Waals surface area contributed by atoms with Crippen LogP contribution >= 0.6 is 0 Å². The predicted octanol–water partition coefficient (Wildman–Crippen LogP) is 5.16. The van der Waals surface area contributed by atoms with E-state index in [1.165, 1.54) is 0 Å². The number of fused-ring (bicyclic) bond motifs is 4. The van der Waals surface area contributed by atoms with Crippen molar-refractivity contribution in [3.63, 3.8) is 0 Å². The predicted molar refractivity (Wildman–Crippen MR) is 124 cm³/mol. The first-order chi connectivity index (χ1) is 16.8. The van der Waals surface area contributed by atoms with Gasteiger partial charge >= 0.3 is 0 Å². The van der Waals surface area contributed by atoms with Gasteiger partial charge in [-0.25, -0.2) is 19.2 Å². The Kier molecular flexibility index (Phi) is 3.95. The third kappa shape index (κ3) is 2.72. The Morgan fingerprint density at radius 2 is 1.65 bits per heavy atom. The summed E-state index contributed by atoms with van der Waals surface area (Å²) in [4.78, 5) is 9.45. The van der Waals surface area contributed by atoms with Crippen molar-refractivity contribution in [1.82, 2.24) is 29.4 Å². The molecule has 4 aromatic heterocycles. The van der Waals surface area contributed by atoms with Crippen molar-refractivity contribution in [2.24, 2.45) is 0 Å². The smallest absolute Gasteiger partial charge is 0.230 e. The van der Waals surface area contributed by atoms with Crippen LogP contribution in [0.4, 0.5) is 0 Å². The van der Waals surface area contributed by atoms with Crippen LogP contribution < -0.4 is 4.74 Å². The number of hydrogen-bond acceptors (Lipinski definition) is 6. The maximum atomic E-state index is 6.43. The molecule has 0 saturated heterocycles. The minimum absolute atomic E-state index is 0.178. The Morgan fingerprint density at radius 1 is 0.853 bits per heavy atom. The Balaban J connectivity index is 1.51. The first kappa shape index (κ1) is 18.8. The Labute approximate surface area is 194 Å². The van der Waals surface area contributed by atoms with E-state index in [4.69, 9.17) is 19.2 Å². The SMILES string of the molecule is Cc1nn(-c2ccccc2)c2c1[C@H](c1ccccc1)c1c(ncn3nc(-c4ccco4)nc13)O2. The number of nitrogens with zero attached hydrogens (tertiary/aromatic N) is 6. The molecule has 0 unspecified atom stereocenters. The third-order valence-electron chi connectivity index (χ3n) is 6.10. The molecule has 8 nitrogen and oxygen atoms in total. The molecule has 6 aromatic rings. The van der Waals surface area contributed by atoms with Gasteiger partial charge in [-0.2, -0.15) is 5.10 Å². The Hall–Kier alpha value is -4.72. The van der Waals surface area contributed by atoms with Gasteiger partial charge in [0.2, 0.25) is 17.6 Å². The topological polar surface area (TPSA) is 83.3 Å². The second-order valence-electron chi connectivity index (χ2n) is 8.14. The molecule has 0 amide bonds. The summed E-state index contributed by atoms with van der Waals surface area (Å²) in [6.07, 6.45) is 3.23. The van der Waals surface area contributed by atoms with Gasteiger partial charge in [-0.1, -0.05) is 48.5 Å². The molecule has 7 rings (SSSR count). The zero-order valence-corrected chi connectivity index (χ0v) is 18.2. The summed E-state index contributed by atoms with van der Waals surface area (Å²) >= 11 is 0. The molecule has 0 N–H and O–H groups in total. The van der Waals surface area contributed by atoms with E-state index in [1.54, 1.807) is 17.1 Å². The standard InChI is InChI=1S/C26H18N6O2/c1-16-20-21(17-9-4-2-5-10-17)22-24-28-23(19-13-8-14-33-19)30-31(24)15-27-25(22)34-26(20)32(29-16)18-11-6-3-7-12-18/h2-15,21H,1H3/t21-/m0/s1. The van der Waals surface area contributed by atoms with E-state index in [9.17, 15) is 0 Å². The minimum Gasteiger partial charge on any atom is -0.461 e. The molecular formula is C26H18N6O2. The van der Waals surface area contributed by atoms with E-state index in [2.05, 4.69) is 22.2 Å². The number of benzene rings is 2. The van der Waals surface area contributed by atoms with Gasteiger partial charge in [0, 0.05) is 0 Å². The van der Waals surface area contributed by atoms with Crippen LogP contribution in [0.15, 0.2) is 89.8 Å². The monoisotopic (exact) mass is 446 g/mol. The summed E-state index contributed by atoms with van der Waals surface area (Å²) in [5.41, 5.74) is 5.41. The van der Waals surface area contributed by atoms with Gasteiger partial charge in [-0.15, -0.1) is 5.10 Å². The maximum absolute atomic E-state index is 6.43. The van der Waals surface area contributed by atoms with Gasteiger partial charge in [0.25, 0.3) is 0 Å². The molecule has 1 aliphatic rings. The molecule has 0 saturated carbocycles. The van der Waals surface area contributed by atoms with Crippen LogP contribution in [0.1, 0.15) is 28.3 Å². The highest BCUT2D eigenvalue weighted by Crippen LogP contribution is 2.49. The van der Waals surface area contributed by atoms with E-state index in [1.807, 2.05) is 72.3 Å². The Morgan fingerprint density at radius 3 is 2.41 bits per heavy atom. The average Bonchev–Trinajstić information content (AvgIpc) is 3.63. The summed E-state index contributed by atoms with van der Waals surface area (Å²) < 4.78 is 15.5. The molecule has 164 valence electrons. The van der Waals surface area contributed by atoms with Crippen LogP contribution in [0, 0.1) is 6.92 Å². The minimum atomic E-state index is -0.178. The van der Waals surface area contributed by atoms with Crippen LogP contribution in [0.3, 0.4) is 0 Å². The molecule has 5 heterocycles. The number of hydrogen-bond donors (Lipinski definition) is 0. The van der Waals surface area contributed by atoms with Crippen molar-refractivity contribution in [2.45, 2.75) is 12.8 Å². The van der Waals surface area contributed by atoms with Gasteiger partial charge in [0.15, 0.2) is 11.4 Å². The lowest BCUT2D eigenvalue weighted by atomic mass is 9.84. The summed E-state index contributed by atoms with van der Waals surface area (Å²) in [7, 11) is 0. The number of para-hydroxylation sites is 1. The lowest BCUT2D eigenvalue weighted by Crippen LogP contribution is -2.16. The van der Waals surface area contributed by atoms with Crippen LogP contribution in [-0.4, -0.2) is 29.4 Å². The molecule has 0 bridgehead atoms.